The number of nitrogen functional groups attached to an aromatic ring is 1. The first kappa shape index (κ1) is 23.1. The van der Waals surface area contributed by atoms with Crippen LogP contribution in [0.25, 0.3) is 11.3 Å². The highest BCUT2D eigenvalue weighted by atomic mass is 32.1. The lowest BCUT2D eigenvalue weighted by Crippen LogP contribution is -2.38. The molecule has 4 rings (SSSR count). The lowest BCUT2D eigenvalue weighted by molar-refractivity contribution is -0.134. The zero-order valence-electron chi connectivity index (χ0n) is 18.1. The number of nitrogens with one attached hydrogen (secondary N) is 1. The predicted molar refractivity (Wildman–Crippen MR) is 130 cm³/mol. The van der Waals surface area contributed by atoms with Crippen LogP contribution in [0.5, 0.6) is 0 Å². The van der Waals surface area contributed by atoms with Crippen molar-refractivity contribution < 1.29 is 14.0 Å². The number of nitrogens with zero attached hydrogens (tertiary/aromatic N) is 3. The molecule has 2 heterocycles. The molecule has 0 bridgehead atoms. The normalized spacial score (nSPS) is 10.6. The van der Waals surface area contributed by atoms with E-state index in [0.29, 0.717) is 22.1 Å². The van der Waals surface area contributed by atoms with E-state index in [9.17, 15) is 14.0 Å². The van der Waals surface area contributed by atoms with E-state index in [1.165, 1.54) is 28.4 Å². The third kappa shape index (κ3) is 6.23. The molecule has 2 aromatic carbocycles. The van der Waals surface area contributed by atoms with Gasteiger partial charge in [-0.15, -0.1) is 11.3 Å². The second kappa shape index (κ2) is 10.7. The van der Waals surface area contributed by atoms with Crippen LogP contribution in [0.3, 0.4) is 0 Å². The molecule has 34 heavy (non-hydrogen) atoms. The summed E-state index contributed by atoms with van der Waals surface area (Å²) in [4.78, 5) is 35.6. The summed E-state index contributed by atoms with van der Waals surface area (Å²) < 4.78 is 13.7. The molecule has 3 N–H and O–H groups in total. The molecule has 2 amide bonds. The number of halogens is 1. The third-order valence-electron chi connectivity index (χ3n) is 4.99. The molecule has 0 aliphatic rings. The SMILES string of the molecule is Nc1nc(-c2ccc(NC(=O)CN(Cc3cccc(F)c3)C(=O)Cc3ccccn3)cc2)cs1. The molecule has 0 atom stereocenters. The van der Waals surface area contributed by atoms with Gasteiger partial charge in [-0.05, 0) is 42.0 Å². The summed E-state index contributed by atoms with van der Waals surface area (Å²) >= 11 is 1.36. The van der Waals surface area contributed by atoms with Gasteiger partial charge < -0.3 is 16.0 Å². The van der Waals surface area contributed by atoms with Crippen molar-refractivity contribution in [3.8, 4) is 11.3 Å². The fourth-order valence-electron chi connectivity index (χ4n) is 3.38. The van der Waals surface area contributed by atoms with Gasteiger partial charge >= 0.3 is 0 Å². The molecule has 7 nitrogen and oxygen atoms in total. The monoisotopic (exact) mass is 475 g/mol. The average Bonchev–Trinajstić information content (AvgIpc) is 3.26. The zero-order chi connectivity index (χ0) is 23.9. The maximum absolute atomic E-state index is 13.7. The Hall–Kier alpha value is -4.11. The van der Waals surface area contributed by atoms with Crippen LogP contribution in [0.1, 0.15) is 11.3 Å². The number of carbonyl (C=O) groups excluding carboxylic acids is 2. The topological polar surface area (TPSA) is 101 Å². The van der Waals surface area contributed by atoms with E-state index < -0.39 is 5.82 Å². The number of anilines is 2. The minimum absolute atomic E-state index is 0.0366. The number of pyridine rings is 1. The second-order valence-corrected chi connectivity index (χ2v) is 8.46. The van der Waals surface area contributed by atoms with Crippen molar-refractivity contribution in [1.82, 2.24) is 14.9 Å². The number of nitrogens with two attached hydrogens (primary N) is 1. The van der Waals surface area contributed by atoms with E-state index in [1.54, 1.807) is 48.7 Å². The van der Waals surface area contributed by atoms with Crippen LogP contribution >= 0.6 is 11.3 Å². The minimum Gasteiger partial charge on any atom is -0.375 e. The first-order chi connectivity index (χ1) is 16.5. The molecule has 172 valence electrons. The summed E-state index contributed by atoms with van der Waals surface area (Å²) in [6.07, 6.45) is 1.64. The summed E-state index contributed by atoms with van der Waals surface area (Å²) in [6, 6.07) is 18.5. The number of aromatic nitrogens is 2. The lowest BCUT2D eigenvalue weighted by atomic mass is 10.1. The number of amides is 2. The quantitative estimate of drug-likeness (QED) is 0.399. The first-order valence-electron chi connectivity index (χ1n) is 10.5. The number of benzene rings is 2. The van der Waals surface area contributed by atoms with E-state index in [2.05, 4.69) is 15.3 Å². The Bertz CT molecular complexity index is 1280. The minimum atomic E-state index is -0.402. The van der Waals surface area contributed by atoms with Crippen molar-refractivity contribution in [2.45, 2.75) is 13.0 Å². The van der Waals surface area contributed by atoms with Crippen LogP contribution < -0.4 is 11.1 Å². The van der Waals surface area contributed by atoms with Crippen molar-refractivity contribution in [2.24, 2.45) is 0 Å². The fourth-order valence-corrected chi connectivity index (χ4v) is 3.95. The van der Waals surface area contributed by atoms with Crippen LogP contribution in [0, 0.1) is 5.82 Å². The van der Waals surface area contributed by atoms with Gasteiger partial charge in [0.25, 0.3) is 0 Å². The Morgan fingerprint density at radius 1 is 1.06 bits per heavy atom. The largest absolute Gasteiger partial charge is 0.375 e. The van der Waals surface area contributed by atoms with Gasteiger partial charge in [0.05, 0.1) is 12.1 Å². The number of hydrogen-bond acceptors (Lipinski definition) is 6. The molecule has 9 heteroatoms. The van der Waals surface area contributed by atoms with Crippen LogP contribution in [-0.4, -0.2) is 33.2 Å². The molecule has 2 aromatic heterocycles. The highest BCUT2D eigenvalue weighted by Crippen LogP contribution is 2.24. The standard InChI is InChI=1S/C25H22FN5O2S/c26-19-5-3-4-17(12-19)14-31(24(33)13-21-6-1-2-11-28-21)15-23(32)29-20-9-7-18(8-10-20)22-16-34-25(27)30-22/h1-12,16H,13-15H2,(H2,27,30)(H,29,32). The molecule has 0 saturated heterocycles. The highest BCUT2D eigenvalue weighted by molar-refractivity contribution is 7.13. The summed E-state index contributed by atoms with van der Waals surface area (Å²) in [5, 5.41) is 5.16. The van der Waals surface area contributed by atoms with Crippen LogP contribution in [0.15, 0.2) is 78.3 Å². The Labute approximate surface area is 200 Å². The molecule has 0 saturated carbocycles. The van der Waals surface area contributed by atoms with E-state index in [4.69, 9.17) is 5.73 Å². The number of rotatable bonds is 8. The zero-order valence-corrected chi connectivity index (χ0v) is 19.0. The molecule has 0 aliphatic carbocycles. The molecular formula is C25H22FN5O2S. The third-order valence-corrected chi connectivity index (χ3v) is 5.67. The maximum Gasteiger partial charge on any atom is 0.244 e. The van der Waals surface area contributed by atoms with Crippen molar-refractivity contribution >= 4 is 34.0 Å². The van der Waals surface area contributed by atoms with Crippen molar-refractivity contribution in [3.05, 3.63) is 95.4 Å². The first-order valence-corrected chi connectivity index (χ1v) is 11.4. The maximum atomic E-state index is 13.7. The molecule has 0 spiro atoms. The van der Waals surface area contributed by atoms with Crippen molar-refractivity contribution in [2.75, 3.05) is 17.6 Å². The van der Waals surface area contributed by atoms with Gasteiger partial charge in [-0.1, -0.05) is 30.3 Å². The van der Waals surface area contributed by atoms with Gasteiger partial charge in [-0.3, -0.25) is 14.6 Å². The van der Waals surface area contributed by atoms with E-state index >= 15 is 0 Å². The average molecular weight is 476 g/mol. The molecule has 0 aliphatic heterocycles. The van der Waals surface area contributed by atoms with Crippen LogP contribution in [-0.2, 0) is 22.6 Å². The number of hydrogen-bond donors (Lipinski definition) is 2. The number of carbonyl (C=O) groups is 2. The molecule has 0 radical (unpaired) electrons. The molecule has 0 unspecified atom stereocenters. The second-order valence-electron chi connectivity index (χ2n) is 7.57. The smallest absolute Gasteiger partial charge is 0.244 e. The molecule has 0 fully saturated rings. The van der Waals surface area contributed by atoms with Gasteiger partial charge in [0, 0.05) is 35.1 Å². The molecular weight excluding hydrogens is 453 g/mol. The summed E-state index contributed by atoms with van der Waals surface area (Å²) in [5.74, 6) is -1.05. The Kier molecular flexibility index (Phi) is 7.24. The fraction of sp³-hybridized carbons (Fsp3) is 0.120. The van der Waals surface area contributed by atoms with E-state index in [1.807, 2.05) is 17.5 Å². The van der Waals surface area contributed by atoms with Gasteiger partial charge in [-0.25, -0.2) is 9.37 Å². The Balaban J connectivity index is 1.45. The predicted octanol–water partition coefficient (Wildman–Crippen LogP) is 4.14. The summed E-state index contributed by atoms with van der Waals surface area (Å²) in [5.41, 5.74) is 9.10. The van der Waals surface area contributed by atoms with Gasteiger partial charge in [0.1, 0.15) is 12.4 Å². The number of thiazole rings is 1. The van der Waals surface area contributed by atoms with Crippen molar-refractivity contribution in [1.29, 1.82) is 0 Å². The van der Waals surface area contributed by atoms with Crippen LogP contribution in [0.4, 0.5) is 15.2 Å². The lowest BCUT2D eigenvalue weighted by Gasteiger charge is -2.22. The van der Waals surface area contributed by atoms with Crippen molar-refractivity contribution in [3.63, 3.8) is 0 Å². The Morgan fingerprint density at radius 3 is 2.56 bits per heavy atom. The van der Waals surface area contributed by atoms with Gasteiger partial charge in [0.15, 0.2) is 5.13 Å². The summed E-state index contributed by atoms with van der Waals surface area (Å²) in [6.45, 7) is -0.0897. The van der Waals surface area contributed by atoms with E-state index in [-0.39, 0.29) is 31.3 Å². The Morgan fingerprint density at radius 2 is 1.88 bits per heavy atom. The summed E-state index contributed by atoms with van der Waals surface area (Å²) in [7, 11) is 0. The molecule has 4 aromatic rings. The highest BCUT2D eigenvalue weighted by Gasteiger charge is 2.19. The van der Waals surface area contributed by atoms with Gasteiger partial charge in [-0.2, -0.15) is 0 Å². The van der Waals surface area contributed by atoms with Gasteiger partial charge in [0.2, 0.25) is 11.8 Å². The van der Waals surface area contributed by atoms with E-state index in [0.717, 1.165) is 11.3 Å². The van der Waals surface area contributed by atoms with Crippen LogP contribution in [0.2, 0.25) is 0 Å².